The number of hydrogen-bond acceptors (Lipinski definition) is 0. The number of rotatable bonds is 2. The van der Waals surface area contributed by atoms with Crippen molar-refractivity contribution in [2.24, 2.45) is 5.92 Å². The number of fused-ring (bicyclic) bond motifs is 1. The van der Waals surface area contributed by atoms with Crippen LogP contribution in [0, 0.1) is 12.3 Å². The van der Waals surface area contributed by atoms with E-state index in [9.17, 15) is 0 Å². The monoisotopic (exact) mass is 469 g/mol. The van der Waals surface area contributed by atoms with E-state index >= 15 is 0 Å². The van der Waals surface area contributed by atoms with Gasteiger partial charge in [0.05, 0.1) is 0 Å². The SMILES string of the molecule is CC(C)C1=Cc2c(cccc2-c2ccc3c4c(cccc24)CC3)[CH]1.[Cl][Zr][Cl]. The van der Waals surface area contributed by atoms with Gasteiger partial charge in [-0.3, -0.25) is 0 Å². The van der Waals surface area contributed by atoms with Gasteiger partial charge in [0.25, 0.3) is 0 Å². The topological polar surface area (TPSA) is 0 Å². The van der Waals surface area contributed by atoms with Crippen LogP contribution in [0.2, 0.25) is 0 Å². The summed E-state index contributed by atoms with van der Waals surface area (Å²) in [5.74, 6) is 0.568. The Morgan fingerprint density at radius 3 is 2.30 bits per heavy atom. The summed E-state index contributed by atoms with van der Waals surface area (Å²) in [7, 11) is 9.87. The van der Waals surface area contributed by atoms with E-state index < -0.39 is 20.8 Å². The zero-order valence-corrected chi connectivity index (χ0v) is 19.5. The summed E-state index contributed by atoms with van der Waals surface area (Å²) in [6.07, 6.45) is 7.12. The summed E-state index contributed by atoms with van der Waals surface area (Å²) in [4.78, 5) is 0. The van der Waals surface area contributed by atoms with Crippen molar-refractivity contribution in [3.63, 3.8) is 0 Å². The molecule has 0 amide bonds. The molecule has 2 aliphatic rings. The first kappa shape index (κ1) is 19.4. The van der Waals surface area contributed by atoms with Gasteiger partial charge in [0.2, 0.25) is 0 Å². The maximum absolute atomic E-state index is 4.93. The van der Waals surface area contributed by atoms with Crippen molar-refractivity contribution in [2.45, 2.75) is 26.7 Å². The quantitative estimate of drug-likeness (QED) is 0.361. The minimum absolute atomic E-state index is 0.568. The van der Waals surface area contributed by atoms with Crippen molar-refractivity contribution in [3.05, 3.63) is 82.8 Å². The molecule has 0 saturated heterocycles. The molecule has 0 spiro atoms. The van der Waals surface area contributed by atoms with Gasteiger partial charge in [-0.1, -0.05) is 74.0 Å². The molecule has 0 fully saturated rings. The van der Waals surface area contributed by atoms with Crippen LogP contribution in [-0.4, -0.2) is 0 Å². The van der Waals surface area contributed by atoms with Crippen molar-refractivity contribution < 1.29 is 20.8 Å². The molecule has 0 aliphatic heterocycles. The molecule has 0 heterocycles. The Hall–Kier alpha value is -0.877. The zero-order chi connectivity index (χ0) is 19.0. The first-order valence-corrected chi connectivity index (χ1v) is 15.7. The van der Waals surface area contributed by atoms with E-state index in [1.807, 2.05) is 0 Å². The number of aryl methyl sites for hydroxylation is 2. The normalized spacial score (nSPS) is 14.0. The number of allylic oxidation sites excluding steroid dienone is 1. The Morgan fingerprint density at radius 2 is 1.56 bits per heavy atom. The van der Waals surface area contributed by atoms with Crippen molar-refractivity contribution in [1.82, 2.24) is 0 Å². The van der Waals surface area contributed by atoms with Gasteiger partial charge in [0, 0.05) is 6.42 Å². The second-order valence-corrected chi connectivity index (χ2v) is 11.2. The standard InChI is InChI=1S/C24H21.2ClH.Zr/c1-15(2)19-13-18-6-4-7-20(23(18)14-19)21-12-11-17-10-9-16-5-3-8-22(21)24(16)17;;;/h3-8,11-15H,9-10H2,1-2H3;2*1H;/q;;;+2/p-2. The fourth-order valence-electron chi connectivity index (χ4n) is 4.31. The van der Waals surface area contributed by atoms with Crippen LogP contribution >= 0.6 is 17.0 Å². The van der Waals surface area contributed by atoms with Crippen LogP contribution in [0.1, 0.15) is 36.1 Å². The molecule has 0 aromatic heterocycles. The molecular formula is C24H21Cl2Zr. The van der Waals surface area contributed by atoms with Crippen LogP contribution in [-0.2, 0) is 33.7 Å². The van der Waals surface area contributed by atoms with Crippen LogP contribution in [0.4, 0.5) is 0 Å². The molecule has 0 nitrogen and oxygen atoms in total. The van der Waals surface area contributed by atoms with Crippen LogP contribution in [0.25, 0.3) is 28.0 Å². The Bertz CT molecular complexity index is 1020. The van der Waals surface area contributed by atoms with Crippen LogP contribution in [0.15, 0.2) is 54.1 Å². The van der Waals surface area contributed by atoms with E-state index in [1.54, 1.807) is 0 Å². The van der Waals surface area contributed by atoms with E-state index in [0.29, 0.717) is 5.92 Å². The average molecular weight is 472 g/mol. The van der Waals surface area contributed by atoms with E-state index in [1.165, 1.54) is 62.6 Å². The third kappa shape index (κ3) is 3.60. The van der Waals surface area contributed by atoms with Crippen molar-refractivity contribution in [3.8, 4) is 11.1 Å². The van der Waals surface area contributed by atoms with Gasteiger partial charge < -0.3 is 0 Å². The van der Waals surface area contributed by atoms with Gasteiger partial charge >= 0.3 is 37.9 Å². The molecule has 3 aromatic rings. The van der Waals surface area contributed by atoms with E-state index in [4.69, 9.17) is 17.0 Å². The van der Waals surface area contributed by atoms with Gasteiger partial charge in [-0.15, -0.1) is 0 Å². The number of hydrogen-bond donors (Lipinski definition) is 0. The first-order chi connectivity index (χ1) is 13.1. The number of halogens is 2. The maximum atomic E-state index is 4.93. The molecule has 0 unspecified atom stereocenters. The zero-order valence-electron chi connectivity index (χ0n) is 15.5. The summed E-state index contributed by atoms with van der Waals surface area (Å²) in [6, 6.07) is 18.2. The third-order valence-electron chi connectivity index (χ3n) is 5.61. The Morgan fingerprint density at radius 1 is 0.852 bits per heavy atom. The molecule has 135 valence electrons. The summed E-state index contributed by atoms with van der Waals surface area (Å²) in [5.41, 5.74) is 9.96. The molecule has 0 saturated carbocycles. The Balaban J connectivity index is 0.000000565. The first-order valence-electron chi connectivity index (χ1n) is 9.33. The van der Waals surface area contributed by atoms with Crippen molar-refractivity contribution in [1.29, 1.82) is 0 Å². The summed E-state index contributed by atoms with van der Waals surface area (Å²) < 4.78 is 0. The van der Waals surface area contributed by atoms with E-state index in [-0.39, 0.29) is 0 Å². The fraction of sp³-hybridized carbons (Fsp3) is 0.208. The minimum atomic E-state index is -0.826. The van der Waals surface area contributed by atoms with Gasteiger partial charge in [-0.05, 0) is 62.9 Å². The van der Waals surface area contributed by atoms with Gasteiger partial charge in [0.1, 0.15) is 0 Å². The van der Waals surface area contributed by atoms with Crippen molar-refractivity contribution >= 4 is 33.9 Å². The van der Waals surface area contributed by atoms with Gasteiger partial charge in [-0.25, -0.2) is 0 Å². The molecule has 1 radical (unpaired) electrons. The van der Waals surface area contributed by atoms with E-state index in [2.05, 4.69) is 74.9 Å². The predicted molar refractivity (Wildman–Crippen MR) is 115 cm³/mol. The molecule has 0 bridgehead atoms. The summed E-state index contributed by atoms with van der Waals surface area (Å²) in [6.45, 7) is 4.54. The average Bonchev–Trinajstić information content (AvgIpc) is 3.28. The second-order valence-electron chi connectivity index (χ2n) is 7.44. The van der Waals surface area contributed by atoms with Gasteiger partial charge in [0.15, 0.2) is 0 Å². The molecule has 3 aromatic carbocycles. The van der Waals surface area contributed by atoms with E-state index in [0.717, 1.165) is 0 Å². The predicted octanol–water partition coefficient (Wildman–Crippen LogP) is 7.59. The summed E-state index contributed by atoms with van der Waals surface area (Å²) >= 11 is -0.826. The summed E-state index contributed by atoms with van der Waals surface area (Å²) in [5, 5.41) is 2.92. The Kier molecular flexibility index (Phi) is 5.93. The van der Waals surface area contributed by atoms with Crippen LogP contribution < -0.4 is 0 Å². The fourth-order valence-corrected chi connectivity index (χ4v) is 4.31. The molecule has 2 aliphatic carbocycles. The Labute approximate surface area is 180 Å². The molecule has 27 heavy (non-hydrogen) atoms. The van der Waals surface area contributed by atoms with Crippen LogP contribution in [0.5, 0.6) is 0 Å². The molecular weight excluding hydrogens is 450 g/mol. The van der Waals surface area contributed by atoms with Crippen molar-refractivity contribution in [2.75, 3.05) is 0 Å². The molecule has 0 atom stereocenters. The third-order valence-corrected chi connectivity index (χ3v) is 5.61. The molecule has 5 rings (SSSR count). The van der Waals surface area contributed by atoms with Gasteiger partial charge in [-0.2, -0.15) is 0 Å². The molecule has 3 heteroatoms. The molecule has 0 N–H and O–H groups in total. The van der Waals surface area contributed by atoms with Crippen LogP contribution in [0.3, 0.4) is 0 Å². The second kappa shape index (κ2) is 8.24. The number of benzene rings is 3.